The van der Waals surface area contributed by atoms with Crippen molar-refractivity contribution in [2.75, 3.05) is 37.7 Å². The summed E-state index contributed by atoms with van der Waals surface area (Å²) in [6.45, 7) is 12.6. The zero-order chi connectivity index (χ0) is 25.1. The second-order valence-electron chi connectivity index (χ2n) is 9.80. The Kier molecular flexibility index (Phi) is 7.70. The number of nitrogens with one attached hydrogen (secondary N) is 1. The zero-order valence-corrected chi connectivity index (χ0v) is 22.4. The zero-order valence-electron chi connectivity index (χ0n) is 21.6. The van der Waals surface area contributed by atoms with Crippen LogP contribution in [-0.2, 0) is 17.7 Å². The Hall–Kier alpha value is -2.74. The fourth-order valence-corrected chi connectivity index (χ4v) is 5.94. The first-order valence-electron chi connectivity index (χ1n) is 13.1. The molecule has 2 fully saturated rings. The minimum Gasteiger partial charge on any atom is -0.379 e. The molecule has 7 heteroatoms. The van der Waals surface area contributed by atoms with Gasteiger partial charge in [0, 0.05) is 49.5 Å². The first-order chi connectivity index (χ1) is 17.6. The molecule has 6 nitrogen and oxygen atoms in total. The predicted molar refractivity (Wildman–Crippen MR) is 150 cm³/mol. The average Bonchev–Trinajstić information content (AvgIpc) is 3.40. The topological polar surface area (TPSA) is 45.6 Å². The van der Waals surface area contributed by atoms with Crippen molar-refractivity contribution in [2.45, 2.75) is 52.2 Å². The summed E-state index contributed by atoms with van der Waals surface area (Å²) in [6, 6.07) is 17.3. The molecule has 36 heavy (non-hydrogen) atoms. The first kappa shape index (κ1) is 24.9. The van der Waals surface area contributed by atoms with Gasteiger partial charge in [-0.15, -0.1) is 0 Å². The molecule has 2 atom stereocenters. The van der Waals surface area contributed by atoms with Crippen LogP contribution in [-0.4, -0.2) is 52.4 Å². The van der Waals surface area contributed by atoms with Gasteiger partial charge in [0.1, 0.15) is 0 Å². The minimum atomic E-state index is -0.0214. The van der Waals surface area contributed by atoms with E-state index in [0.29, 0.717) is 0 Å². The number of aryl methyl sites for hydroxylation is 2. The average molecular weight is 504 g/mol. The fourth-order valence-electron chi connectivity index (χ4n) is 5.59. The molecule has 2 saturated heterocycles. The Bertz CT molecular complexity index is 1170. The van der Waals surface area contributed by atoms with Crippen molar-refractivity contribution in [2.24, 2.45) is 0 Å². The number of hydrogen-bond acceptors (Lipinski definition) is 4. The largest absolute Gasteiger partial charge is 0.379 e. The van der Waals surface area contributed by atoms with E-state index in [2.05, 4.69) is 82.9 Å². The van der Waals surface area contributed by atoms with Gasteiger partial charge in [0.05, 0.1) is 31.0 Å². The van der Waals surface area contributed by atoms with Gasteiger partial charge in [0.2, 0.25) is 0 Å². The van der Waals surface area contributed by atoms with E-state index in [0.717, 1.165) is 68.7 Å². The Morgan fingerprint density at radius 3 is 2.53 bits per heavy atom. The minimum absolute atomic E-state index is 0.0214. The van der Waals surface area contributed by atoms with Crippen molar-refractivity contribution in [1.29, 1.82) is 0 Å². The molecule has 0 spiro atoms. The molecule has 3 aromatic rings. The molecule has 0 bridgehead atoms. The van der Waals surface area contributed by atoms with E-state index in [4.69, 9.17) is 21.9 Å². The van der Waals surface area contributed by atoms with E-state index in [9.17, 15) is 0 Å². The van der Waals surface area contributed by atoms with Crippen LogP contribution in [0, 0.1) is 13.8 Å². The highest BCUT2D eigenvalue weighted by atomic mass is 32.1. The SMILES string of the molecule is CCc1ccc(N2C(=S)N[C@H](c3ccccn3)[C@H]2c2cc(C)n(CCCN3CCOCC3)c2C)cc1. The molecule has 2 aromatic heterocycles. The number of hydrogen-bond donors (Lipinski definition) is 1. The van der Waals surface area contributed by atoms with Gasteiger partial charge in [-0.05, 0) is 80.4 Å². The van der Waals surface area contributed by atoms with Gasteiger partial charge >= 0.3 is 0 Å². The molecule has 0 amide bonds. The van der Waals surface area contributed by atoms with E-state index < -0.39 is 0 Å². The number of anilines is 1. The first-order valence-corrected chi connectivity index (χ1v) is 13.5. The summed E-state index contributed by atoms with van der Waals surface area (Å²) in [5, 5.41) is 4.35. The molecule has 1 N–H and O–H groups in total. The lowest BCUT2D eigenvalue weighted by Crippen LogP contribution is -2.37. The van der Waals surface area contributed by atoms with E-state index in [1.165, 1.54) is 22.5 Å². The Labute approximate surface area is 220 Å². The predicted octanol–water partition coefficient (Wildman–Crippen LogP) is 4.96. The second kappa shape index (κ2) is 11.1. The standard InChI is InChI=1S/C29H37N5OS/c1-4-23-9-11-24(12-10-23)34-28(27(31-29(34)36)26-8-5-6-13-30-26)25-20-21(2)33(22(25)3)15-7-14-32-16-18-35-19-17-32/h5-6,8-13,20,27-28H,4,7,14-19H2,1-3H3,(H,31,36)/t27-,28-/m1/s1. The third-order valence-corrected chi connectivity index (χ3v) is 7.93. The molecule has 190 valence electrons. The number of benzene rings is 1. The molecule has 0 saturated carbocycles. The van der Waals surface area contributed by atoms with E-state index >= 15 is 0 Å². The van der Waals surface area contributed by atoms with Crippen LogP contribution in [0.4, 0.5) is 5.69 Å². The van der Waals surface area contributed by atoms with Crippen LogP contribution in [0.15, 0.2) is 54.7 Å². The van der Waals surface area contributed by atoms with Gasteiger partial charge in [0.25, 0.3) is 0 Å². The molecule has 5 rings (SSSR count). The lowest BCUT2D eigenvalue weighted by molar-refractivity contribution is 0.0369. The normalized spacial score (nSPS) is 20.6. The summed E-state index contributed by atoms with van der Waals surface area (Å²) >= 11 is 5.93. The lowest BCUT2D eigenvalue weighted by atomic mass is 9.96. The number of pyridine rings is 1. The molecule has 0 unspecified atom stereocenters. The van der Waals surface area contributed by atoms with Crippen molar-refractivity contribution < 1.29 is 4.74 Å². The van der Waals surface area contributed by atoms with Gasteiger partial charge in [-0.1, -0.05) is 25.1 Å². The van der Waals surface area contributed by atoms with Crippen molar-refractivity contribution in [3.63, 3.8) is 0 Å². The van der Waals surface area contributed by atoms with Crippen LogP contribution < -0.4 is 10.2 Å². The number of rotatable bonds is 8. The van der Waals surface area contributed by atoms with Gasteiger partial charge in [0.15, 0.2) is 5.11 Å². The second-order valence-corrected chi connectivity index (χ2v) is 10.2. The molecular weight excluding hydrogens is 466 g/mol. The third-order valence-electron chi connectivity index (χ3n) is 7.61. The molecular formula is C29H37N5OS. The maximum absolute atomic E-state index is 5.93. The Morgan fingerprint density at radius 2 is 1.83 bits per heavy atom. The Balaban J connectivity index is 1.46. The number of morpholine rings is 1. The fraction of sp³-hybridized carbons (Fsp3) is 0.448. The number of aromatic nitrogens is 2. The van der Waals surface area contributed by atoms with Gasteiger partial charge < -0.3 is 19.5 Å². The molecule has 4 heterocycles. The maximum atomic E-state index is 5.93. The summed E-state index contributed by atoms with van der Waals surface area (Å²) in [5.74, 6) is 0. The van der Waals surface area contributed by atoms with Crippen LogP contribution in [0.1, 0.15) is 53.6 Å². The molecule has 1 aromatic carbocycles. The van der Waals surface area contributed by atoms with Crippen LogP contribution in [0.2, 0.25) is 0 Å². The number of nitrogens with zero attached hydrogens (tertiary/aromatic N) is 4. The highest BCUT2D eigenvalue weighted by molar-refractivity contribution is 7.80. The maximum Gasteiger partial charge on any atom is 0.174 e. The summed E-state index contributed by atoms with van der Waals surface area (Å²) in [4.78, 5) is 9.51. The lowest BCUT2D eigenvalue weighted by Gasteiger charge is -2.28. The van der Waals surface area contributed by atoms with Crippen LogP contribution in [0.5, 0.6) is 0 Å². The van der Waals surface area contributed by atoms with Crippen LogP contribution in [0.25, 0.3) is 0 Å². The number of thiocarbonyl (C=S) groups is 1. The third kappa shape index (κ3) is 5.05. The Morgan fingerprint density at radius 1 is 1.06 bits per heavy atom. The smallest absolute Gasteiger partial charge is 0.174 e. The van der Waals surface area contributed by atoms with Crippen LogP contribution in [0.3, 0.4) is 0 Å². The molecule has 2 aliphatic heterocycles. The van der Waals surface area contributed by atoms with Crippen molar-refractivity contribution in [3.8, 4) is 0 Å². The highest BCUT2D eigenvalue weighted by Gasteiger charge is 2.42. The van der Waals surface area contributed by atoms with Crippen LogP contribution >= 0.6 is 12.2 Å². The summed E-state index contributed by atoms with van der Waals surface area (Å²) in [7, 11) is 0. The highest BCUT2D eigenvalue weighted by Crippen LogP contribution is 2.43. The number of ether oxygens (including phenoxy) is 1. The quantitative estimate of drug-likeness (QED) is 0.439. The summed E-state index contributed by atoms with van der Waals surface area (Å²) in [5.41, 5.74) is 7.36. The van der Waals surface area contributed by atoms with Crippen molar-refractivity contribution in [1.82, 2.24) is 19.8 Å². The van der Waals surface area contributed by atoms with E-state index in [1.54, 1.807) is 0 Å². The summed E-state index contributed by atoms with van der Waals surface area (Å²) < 4.78 is 7.98. The van der Waals surface area contributed by atoms with Gasteiger partial charge in [-0.25, -0.2) is 0 Å². The van der Waals surface area contributed by atoms with Crippen molar-refractivity contribution >= 4 is 23.0 Å². The molecule has 0 radical (unpaired) electrons. The molecule has 2 aliphatic rings. The van der Waals surface area contributed by atoms with E-state index in [-0.39, 0.29) is 12.1 Å². The van der Waals surface area contributed by atoms with Gasteiger partial charge in [-0.2, -0.15) is 0 Å². The van der Waals surface area contributed by atoms with Gasteiger partial charge in [-0.3, -0.25) is 9.88 Å². The summed E-state index contributed by atoms with van der Waals surface area (Å²) in [6.07, 6.45) is 4.02. The van der Waals surface area contributed by atoms with E-state index in [1.807, 2.05) is 12.3 Å². The van der Waals surface area contributed by atoms with Crippen molar-refractivity contribution in [3.05, 3.63) is 82.9 Å². The molecule has 0 aliphatic carbocycles. The monoisotopic (exact) mass is 503 g/mol.